The van der Waals surface area contributed by atoms with Crippen LogP contribution in [0, 0.1) is 23.0 Å². The van der Waals surface area contributed by atoms with E-state index < -0.39 is 0 Å². The smallest absolute Gasteiger partial charge is 0.269 e. The fourth-order valence-corrected chi connectivity index (χ4v) is 4.37. The first-order valence-corrected chi connectivity index (χ1v) is 8.89. The quantitative estimate of drug-likeness (QED) is 0.396. The number of hydrogen-bond donors (Lipinski definition) is 1. The zero-order valence-corrected chi connectivity index (χ0v) is 15.0. The highest BCUT2D eigenvalue weighted by Gasteiger charge is 2.39. The number of nitrogens with zero attached hydrogens (tertiary/aromatic N) is 1. The Hall–Kier alpha value is -2.04. The number of rotatable bonds is 2. The van der Waals surface area contributed by atoms with Crippen LogP contribution in [0.4, 0.5) is 11.4 Å². The second-order valence-electron chi connectivity index (χ2n) is 6.58. The van der Waals surface area contributed by atoms with Crippen molar-refractivity contribution >= 4 is 34.6 Å². The van der Waals surface area contributed by atoms with Gasteiger partial charge in [-0.2, -0.15) is 0 Å². The number of fused-ring (bicyclic) bond motifs is 3. The first-order chi connectivity index (χ1) is 12.0. The number of non-ortho nitro benzene ring substituents is 1. The lowest BCUT2D eigenvalue weighted by Gasteiger charge is -2.38. The lowest BCUT2D eigenvalue weighted by molar-refractivity contribution is -0.384. The van der Waals surface area contributed by atoms with Gasteiger partial charge in [0, 0.05) is 39.3 Å². The molecule has 1 aliphatic heterocycles. The molecule has 1 aliphatic carbocycles. The van der Waals surface area contributed by atoms with Crippen molar-refractivity contribution in [2.75, 3.05) is 5.32 Å². The molecule has 0 fully saturated rings. The van der Waals surface area contributed by atoms with Crippen molar-refractivity contribution in [2.45, 2.75) is 25.3 Å². The number of halogens is 2. The summed E-state index contributed by atoms with van der Waals surface area (Å²) >= 11 is 12.7. The zero-order valence-electron chi connectivity index (χ0n) is 13.5. The van der Waals surface area contributed by atoms with Crippen LogP contribution in [0.5, 0.6) is 0 Å². The third-order valence-electron chi connectivity index (χ3n) is 5.26. The number of anilines is 1. The lowest BCUT2D eigenvalue weighted by atomic mass is 9.76. The minimum Gasteiger partial charge on any atom is -0.377 e. The molecule has 1 N–H and O–H groups in total. The van der Waals surface area contributed by atoms with Crippen LogP contribution in [0.3, 0.4) is 0 Å². The molecule has 0 saturated heterocycles. The third-order valence-corrected chi connectivity index (χ3v) is 6.01. The van der Waals surface area contributed by atoms with Gasteiger partial charge >= 0.3 is 0 Å². The first-order valence-electron chi connectivity index (χ1n) is 8.13. The van der Waals surface area contributed by atoms with Gasteiger partial charge in [-0.1, -0.05) is 41.4 Å². The Morgan fingerprint density at radius 2 is 1.92 bits per heavy atom. The van der Waals surface area contributed by atoms with Gasteiger partial charge < -0.3 is 5.32 Å². The Morgan fingerprint density at radius 1 is 1.16 bits per heavy atom. The van der Waals surface area contributed by atoms with Gasteiger partial charge in [-0.15, -0.1) is 0 Å². The Morgan fingerprint density at radius 3 is 2.68 bits per heavy atom. The minimum absolute atomic E-state index is 0.0531. The molecule has 2 aromatic carbocycles. The number of benzene rings is 2. The Balaban J connectivity index is 1.86. The lowest BCUT2D eigenvalue weighted by Crippen LogP contribution is -2.30. The van der Waals surface area contributed by atoms with Crippen molar-refractivity contribution in [1.29, 1.82) is 0 Å². The van der Waals surface area contributed by atoms with E-state index in [2.05, 4.69) is 23.5 Å². The van der Waals surface area contributed by atoms with E-state index >= 15 is 0 Å². The standard InChI is InChI=1S/C19H16Cl2N2O2/c1-10-16(20)8-6-14-12-3-2-4-13(12)19(22-18(10)14)15-9-11(23(24)25)5-7-17(15)21/h2-3,5-9,12-13,19,22H,4H2,1H3/t12-,13+,19-/m0/s1. The number of nitrogens with one attached hydrogen (secondary N) is 1. The first kappa shape index (κ1) is 16.4. The van der Waals surface area contributed by atoms with Gasteiger partial charge in [0.1, 0.15) is 0 Å². The van der Waals surface area contributed by atoms with Crippen molar-refractivity contribution in [3.63, 3.8) is 0 Å². The molecule has 128 valence electrons. The fraction of sp³-hybridized carbons (Fsp3) is 0.263. The molecule has 4 rings (SSSR count). The maximum atomic E-state index is 11.2. The third kappa shape index (κ3) is 2.60. The molecule has 0 amide bonds. The van der Waals surface area contributed by atoms with Gasteiger partial charge in [0.2, 0.25) is 0 Å². The molecule has 0 unspecified atom stereocenters. The van der Waals surface area contributed by atoms with Crippen molar-refractivity contribution in [3.8, 4) is 0 Å². The summed E-state index contributed by atoms with van der Waals surface area (Å²) in [6.07, 6.45) is 5.30. The van der Waals surface area contributed by atoms with Gasteiger partial charge in [-0.05, 0) is 42.5 Å². The number of hydrogen-bond acceptors (Lipinski definition) is 3. The molecule has 0 radical (unpaired) electrons. The molecule has 2 aromatic rings. The molecular formula is C19H16Cl2N2O2. The fourth-order valence-electron chi connectivity index (χ4n) is 3.98. The Kier molecular flexibility index (Phi) is 3.97. The van der Waals surface area contributed by atoms with Gasteiger partial charge in [0.15, 0.2) is 0 Å². The zero-order chi connectivity index (χ0) is 17.7. The molecule has 6 heteroatoms. The largest absolute Gasteiger partial charge is 0.377 e. The minimum atomic E-state index is -0.386. The molecule has 25 heavy (non-hydrogen) atoms. The summed E-state index contributed by atoms with van der Waals surface area (Å²) in [5.74, 6) is 0.528. The van der Waals surface area contributed by atoms with Gasteiger partial charge in [-0.25, -0.2) is 0 Å². The molecule has 1 heterocycles. The van der Waals surface area contributed by atoms with Crippen molar-refractivity contribution in [3.05, 3.63) is 79.3 Å². The van der Waals surface area contributed by atoms with Crippen LogP contribution in [0.1, 0.15) is 35.1 Å². The van der Waals surface area contributed by atoms with Crippen LogP contribution >= 0.6 is 23.2 Å². The van der Waals surface area contributed by atoms with Gasteiger partial charge in [-0.3, -0.25) is 10.1 Å². The molecular weight excluding hydrogens is 359 g/mol. The molecule has 4 nitrogen and oxygen atoms in total. The van der Waals surface area contributed by atoms with E-state index in [4.69, 9.17) is 23.2 Å². The predicted molar refractivity (Wildman–Crippen MR) is 101 cm³/mol. The average Bonchev–Trinajstić information content (AvgIpc) is 3.07. The highest BCUT2D eigenvalue weighted by Crippen LogP contribution is 2.52. The predicted octanol–water partition coefficient (Wildman–Crippen LogP) is 6.04. The molecule has 2 aliphatic rings. The number of allylic oxidation sites excluding steroid dienone is 2. The number of nitro benzene ring substituents is 1. The summed E-state index contributed by atoms with van der Waals surface area (Å²) < 4.78 is 0. The van der Waals surface area contributed by atoms with Crippen molar-refractivity contribution < 1.29 is 4.92 Å². The monoisotopic (exact) mass is 374 g/mol. The summed E-state index contributed by atoms with van der Waals surface area (Å²) in [7, 11) is 0. The van der Waals surface area contributed by atoms with Crippen LogP contribution in [0.15, 0.2) is 42.5 Å². The molecule has 3 atom stereocenters. The van der Waals surface area contributed by atoms with Crippen LogP contribution in [0.25, 0.3) is 0 Å². The van der Waals surface area contributed by atoms with Crippen molar-refractivity contribution in [1.82, 2.24) is 0 Å². The van der Waals surface area contributed by atoms with Gasteiger partial charge in [0.25, 0.3) is 5.69 Å². The van der Waals surface area contributed by atoms with Crippen molar-refractivity contribution in [2.24, 2.45) is 5.92 Å². The van der Waals surface area contributed by atoms with E-state index in [1.54, 1.807) is 12.1 Å². The summed E-state index contributed by atoms with van der Waals surface area (Å²) in [6.45, 7) is 1.99. The highest BCUT2D eigenvalue weighted by atomic mass is 35.5. The van der Waals surface area contributed by atoms with Crippen LogP contribution in [-0.2, 0) is 0 Å². The molecule has 0 aromatic heterocycles. The van der Waals surface area contributed by atoms with Crippen LogP contribution in [0.2, 0.25) is 10.0 Å². The average molecular weight is 375 g/mol. The number of nitro groups is 1. The summed E-state index contributed by atoms with van der Waals surface area (Å²) in [6, 6.07) is 8.53. The molecule has 0 spiro atoms. The van der Waals surface area contributed by atoms with E-state index in [1.807, 2.05) is 13.0 Å². The van der Waals surface area contributed by atoms with E-state index in [9.17, 15) is 10.1 Å². The maximum Gasteiger partial charge on any atom is 0.269 e. The van der Waals surface area contributed by atoms with Crippen LogP contribution in [-0.4, -0.2) is 4.92 Å². The summed E-state index contributed by atoms with van der Waals surface area (Å²) in [5.41, 5.74) is 4.03. The Labute approximate surface area is 155 Å². The highest BCUT2D eigenvalue weighted by molar-refractivity contribution is 6.32. The summed E-state index contributed by atoms with van der Waals surface area (Å²) in [5, 5.41) is 16.0. The molecule has 0 bridgehead atoms. The normalized spacial score (nSPS) is 23.7. The second kappa shape index (κ2) is 6.04. The second-order valence-corrected chi connectivity index (χ2v) is 7.39. The summed E-state index contributed by atoms with van der Waals surface area (Å²) in [4.78, 5) is 10.8. The van der Waals surface area contributed by atoms with E-state index in [1.165, 1.54) is 11.6 Å². The molecule has 0 saturated carbocycles. The topological polar surface area (TPSA) is 55.2 Å². The van der Waals surface area contributed by atoms with E-state index in [0.717, 1.165) is 23.2 Å². The maximum absolute atomic E-state index is 11.2. The van der Waals surface area contributed by atoms with E-state index in [-0.39, 0.29) is 28.5 Å². The Bertz CT molecular complexity index is 911. The SMILES string of the molecule is Cc1c(Cl)ccc2c1N[C@H](c1cc([N+](=O)[O-])ccc1Cl)[C@@H]1CC=C[C@H]21. The van der Waals surface area contributed by atoms with Gasteiger partial charge in [0.05, 0.1) is 11.0 Å². The van der Waals surface area contributed by atoms with Crippen LogP contribution < -0.4 is 5.32 Å². The van der Waals surface area contributed by atoms with E-state index in [0.29, 0.717) is 10.0 Å².